The van der Waals surface area contributed by atoms with Gasteiger partial charge in [0.15, 0.2) is 0 Å². The van der Waals surface area contributed by atoms with Gasteiger partial charge in [-0.3, -0.25) is 0 Å². The van der Waals surface area contributed by atoms with E-state index < -0.39 is 0 Å². The maximum absolute atomic E-state index is 13.2. The minimum atomic E-state index is -0.189. The zero-order chi connectivity index (χ0) is 13.7. The summed E-state index contributed by atoms with van der Waals surface area (Å²) in [6, 6.07) is 6.92. The molecule has 2 aromatic rings. The predicted molar refractivity (Wildman–Crippen MR) is 72.1 cm³/mol. The van der Waals surface area contributed by atoms with Crippen LogP contribution < -0.4 is 5.32 Å². The Labute approximate surface area is 112 Å². The lowest BCUT2D eigenvalue weighted by Crippen LogP contribution is -2.24. The van der Waals surface area contributed by atoms with Crippen molar-refractivity contribution in [2.24, 2.45) is 7.05 Å². The first-order valence-electron chi connectivity index (χ1n) is 6.52. The van der Waals surface area contributed by atoms with Crippen LogP contribution in [0.15, 0.2) is 30.6 Å². The maximum atomic E-state index is 13.2. The second-order valence-corrected chi connectivity index (χ2v) is 4.58. The van der Waals surface area contributed by atoms with Crippen molar-refractivity contribution in [3.63, 3.8) is 0 Å². The molecule has 19 heavy (non-hydrogen) atoms. The van der Waals surface area contributed by atoms with Crippen molar-refractivity contribution in [3.8, 4) is 0 Å². The van der Waals surface area contributed by atoms with Crippen LogP contribution in [-0.4, -0.2) is 21.3 Å². The van der Waals surface area contributed by atoms with Gasteiger partial charge in [-0.05, 0) is 24.1 Å². The number of benzene rings is 1. The van der Waals surface area contributed by atoms with E-state index in [9.17, 15) is 4.39 Å². The Bertz CT molecular complexity index is 524. The average molecular weight is 262 g/mol. The lowest BCUT2D eigenvalue weighted by atomic mass is 10.0. The highest BCUT2D eigenvalue weighted by molar-refractivity contribution is 5.20. The molecule has 0 aliphatic heterocycles. The third-order valence-corrected chi connectivity index (χ3v) is 3.20. The minimum Gasteiger partial charge on any atom is -0.321 e. The molecular formula is C14H19FN4. The Morgan fingerprint density at radius 3 is 2.89 bits per heavy atom. The van der Waals surface area contributed by atoms with Gasteiger partial charge in [-0.1, -0.05) is 19.1 Å². The first kappa shape index (κ1) is 13.7. The van der Waals surface area contributed by atoms with Crippen molar-refractivity contribution in [1.29, 1.82) is 0 Å². The van der Waals surface area contributed by atoms with Crippen molar-refractivity contribution in [2.45, 2.75) is 25.8 Å². The molecule has 0 saturated carbocycles. The summed E-state index contributed by atoms with van der Waals surface area (Å²) in [5, 5.41) is 11.3. The molecule has 0 aliphatic carbocycles. The van der Waals surface area contributed by atoms with Crippen LogP contribution in [0, 0.1) is 5.82 Å². The first-order valence-corrected chi connectivity index (χ1v) is 6.52. The normalized spacial score (nSPS) is 12.6. The van der Waals surface area contributed by atoms with Crippen LogP contribution in [-0.2, 0) is 13.5 Å². The van der Waals surface area contributed by atoms with Crippen molar-refractivity contribution >= 4 is 0 Å². The van der Waals surface area contributed by atoms with Gasteiger partial charge in [0.1, 0.15) is 18.0 Å². The summed E-state index contributed by atoms with van der Waals surface area (Å²) in [7, 11) is 1.93. The van der Waals surface area contributed by atoms with Crippen LogP contribution >= 0.6 is 0 Å². The van der Waals surface area contributed by atoms with Gasteiger partial charge in [0.25, 0.3) is 0 Å². The first-order chi connectivity index (χ1) is 9.20. The Kier molecular flexibility index (Phi) is 4.63. The van der Waals surface area contributed by atoms with Crippen molar-refractivity contribution < 1.29 is 4.39 Å². The average Bonchev–Trinajstić information content (AvgIpc) is 2.80. The fourth-order valence-corrected chi connectivity index (χ4v) is 2.11. The van der Waals surface area contributed by atoms with Crippen molar-refractivity contribution in [1.82, 2.24) is 20.1 Å². The SMILES string of the molecule is CCC(NCCc1nncn1C)c1cccc(F)c1. The number of nitrogens with zero attached hydrogens (tertiary/aromatic N) is 3. The lowest BCUT2D eigenvalue weighted by molar-refractivity contribution is 0.511. The molecule has 4 nitrogen and oxygen atoms in total. The van der Waals surface area contributed by atoms with Gasteiger partial charge in [0, 0.05) is 26.1 Å². The van der Waals surface area contributed by atoms with E-state index in [0.717, 1.165) is 30.8 Å². The Balaban J connectivity index is 1.91. The molecular weight excluding hydrogens is 243 g/mol. The van der Waals surface area contributed by atoms with E-state index in [1.165, 1.54) is 6.07 Å². The van der Waals surface area contributed by atoms with Gasteiger partial charge >= 0.3 is 0 Å². The number of aromatic nitrogens is 3. The third kappa shape index (κ3) is 3.61. The van der Waals surface area contributed by atoms with Gasteiger partial charge in [-0.25, -0.2) is 4.39 Å². The molecule has 0 amide bonds. The zero-order valence-corrected chi connectivity index (χ0v) is 11.3. The van der Waals surface area contributed by atoms with E-state index in [-0.39, 0.29) is 11.9 Å². The molecule has 0 aliphatic rings. The quantitative estimate of drug-likeness (QED) is 0.868. The van der Waals surface area contributed by atoms with E-state index >= 15 is 0 Å². The number of nitrogens with one attached hydrogen (secondary N) is 1. The maximum Gasteiger partial charge on any atom is 0.133 e. The molecule has 1 atom stereocenters. The minimum absolute atomic E-state index is 0.170. The van der Waals surface area contributed by atoms with Gasteiger partial charge in [0.05, 0.1) is 0 Å². The van der Waals surface area contributed by atoms with Crippen LogP contribution in [0.2, 0.25) is 0 Å². The lowest BCUT2D eigenvalue weighted by Gasteiger charge is -2.17. The molecule has 1 aromatic heterocycles. The smallest absolute Gasteiger partial charge is 0.133 e. The van der Waals surface area contributed by atoms with E-state index in [1.54, 1.807) is 18.5 Å². The van der Waals surface area contributed by atoms with Crippen LogP contribution in [0.5, 0.6) is 0 Å². The van der Waals surface area contributed by atoms with E-state index in [0.29, 0.717) is 0 Å². The summed E-state index contributed by atoms with van der Waals surface area (Å²) < 4.78 is 15.1. The summed E-state index contributed by atoms with van der Waals surface area (Å²) in [4.78, 5) is 0. The molecule has 0 fully saturated rings. The zero-order valence-electron chi connectivity index (χ0n) is 11.3. The summed E-state index contributed by atoms with van der Waals surface area (Å²) >= 11 is 0. The monoisotopic (exact) mass is 262 g/mol. The Morgan fingerprint density at radius 1 is 1.42 bits per heavy atom. The molecule has 1 heterocycles. The molecule has 0 spiro atoms. The van der Waals surface area contributed by atoms with Gasteiger partial charge in [-0.2, -0.15) is 0 Å². The number of rotatable bonds is 6. The third-order valence-electron chi connectivity index (χ3n) is 3.20. The highest BCUT2D eigenvalue weighted by Gasteiger charge is 2.09. The molecule has 0 saturated heterocycles. The van der Waals surface area contributed by atoms with Crippen LogP contribution in [0.3, 0.4) is 0 Å². The van der Waals surface area contributed by atoms with Gasteiger partial charge in [-0.15, -0.1) is 10.2 Å². The standard InChI is InChI=1S/C14H19FN4/c1-3-13(11-5-4-6-12(15)9-11)16-8-7-14-18-17-10-19(14)2/h4-6,9-10,13,16H,3,7-8H2,1-2H3. The molecule has 102 valence electrons. The van der Waals surface area contributed by atoms with Crippen molar-refractivity contribution in [2.75, 3.05) is 6.54 Å². The highest BCUT2D eigenvalue weighted by Crippen LogP contribution is 2.17. The van der Waals surface area contributed by atoms with E-state index in [4.69, 9.17) is 0 Å². The molecule has 0 bridgehead atoms. The van der Waals surface area contributed by atoms with Crippen molar-refractivity contribution in [3.05, 3.63) is 47.8 Å². The summed E-state index contributed by atoms with van der Waals surface area (Å²) in [5.41, 5.74) is 0.987. The molecule has 2 rings (SSSR count). The topological polar surface area (TPSA) is 42.7 Å². The summed E-state index contributed by atoms with van der Waals surface area (Å²) in [6.07, 6.45) is 3.42. The second-order valence-electron chi connectivity index (χ2n) is 4.58. The fraction of sp³-hybridized carbons (Fsp3) is 0.429. The number of halogens is 1. The molecule has 5 heteroatoms. The van der Waals surface area contributed by atoms with E-state index in [1.807, 2.05) is 17.7 Å². The summed E-state index contributed by atoms with van der Waals surface area (Å²) in [5.74, 6) is 0.757. The molecule has 1 N–H and O–H groups in total. The van der Waals surface area contributed by atoms with Crippen LogP contribution in [0.1, 0.15) is 30.8 Å². The molecule has 1 aromatic carbocycles. The van der Waals surface area contributed by atoms with Crippen LogP contribution in [0.25, 0.3) is 0 Å². The predicted octanol–water partition coefficient (Wildman–Crippen LogP) is 2.24. The van der Waals surface area contributed by atoms with E-state index in [2.05, 4.69) is 22.4 Å². The van der Waals surface area contributed by atoms with Gasteiger partial charge in [0.2, 0.25) is 0 Å². The summed E-state index contributed by atoms with van der Waals surface area (Å²) in [6.45, 7) is 2.88. The number of aryl methyl sites for hydroxylation is 1. The Hall–Kier alpha value is -1.75. The van der Waals surface area contributed by atoms with Gasteiger partial charge < -0.3 is 9.88 Å². The highest BCUT2D eigenvalue weighted by atomic mass is 19.1. The molecule has 1 unspecified atom stereocenters. The largest absolute Gasteiger partial charge is 0.321 e. The number of hydrogen-bond acceptors (Lipinski definition) is 3. The Morgan fingerprint density at radius 2 is 2.26 bits per heavy atom. The molecule has 0 radical (unpaired) electrons. The van der Waals surface area contributed by atoms with Crippen LogP contribution in [0.4, 0.5) is 4.39 Å². The number of hydrogen-bond donors (Lipinski definition) is 1. The fourth-order valence-electron chi connectivity index (χ4n) is 2.11. The second kappa shape index (κ2) is 6.43.